The second kappa shape index (κ2) is 10.9. The lowest BCUT2D eigenvalue weighted by molar-refractivity contribution is -0.154. The van der Waals surface area contributed by atoms with E-state index in [1.54, 1.807) is 13.8 Å². The summed E-state index contributed by atoms with van der Waals surface area (Å²) >= 11 is 0. The molecule has 0 heterocycles. The Hall–Kier alpha value is -2.45. The van der Waals surface area contributed by atoms with Gasteiger partial charge < -0.3 is 15.2 Å². The van der Waals surface area contributed by atoms with Crippen LogP contribution in [0.2, 0.25) is 0 Å². The highest BCUT2D eigenvalue weighted by atomic mass is 16.5. The molecule has 0 saturated heterocycles. The van der Waals surface area contributed by atoms with E-state index in [2.05, 4.69) is 5.32 Å². The zero-order valence-corrected chi connectivity index (χ0v) is 16.4. The number of benzene rings is 1. The molecule has 160 valence electrons. The van der Waals surface area contributed by atoms with Crippen molar-refractivity contribution in [2.24, 2.45) is 11.8 Å². The fourth-order valence-corrected chi connectivity index (χ4v) is 3.28. The lowest BCUT2D eigenvalue weighted by Gasteiger charge is -2.26. The van der Waals surface area contributed by atoms with Crippen LogP contribution >= 0.6 is 0 Å². The van der Waals surface area contributed by atoms with Gasteiger partial charge in [-0.2, -0.15) is 0 Å². The van der Waals surface area contributed by atoms with Crippen molar-refractivity contribution in [3.05, 3.63) is 35.8 Å². The van der Waals surface area contributed by atoms with Crippen molar-refractivity contribution in [3.63, 3.8) is 0 Å². The Bertz CT molecular complexity index is 910. The van der Waals surface area contributed by atoms with Crippen molar-refractivity contribution in [1.82, 2.24) is 10.8 Å². The first-order valence-corrected chi connectivity index (χ1v) is 9.60. The fourth-order valence-electron chi connectivity index (χ4n) is 3.28. The van der Waals surface area contributed by atoms with Gasteiger partial charge in [0.2, 0.25) is 5.91 Å². The van der Waals surface area contributed by atoms with Gasteiger partial charge in [-0.1, -0.05) is 44.1 Å². The van der Waals surface area contributed by atoms with Gasteiger partial charge in [0.25, 0.3) is 5.91 Å². The highest BCUT2D eigenvalue weighted by Gasteiger charge is 2.36. The molecule has 1 aromatic carbocycles. The summed E-state index contributed by atoms with van der Waals surface area (Å²) in [4.78, 5) is 38.0. The number of nitrogens with one attached hydrogen (secondary N) is 2. The second-order valence-electron chi connectivity index (χ2n) is 7.48. The summed E-state index contributed by atoms with van der Waals surface area (Å²) in [6.45, 7) is 3.45. The predicted molar refractivity (Wildman–Crippen MR) is 105 cm³/mol. The van der Waals surface area contributed by atoms with Crippen LogP contribution in [0.25, 0.3) is 0 Å². The highest BCUT2D eigenvalue weighted by molar-refractivity contribution is 5.91. The monoisotopic (exact) mass is 411 g/mol. The largest absolute Gasteiger partial charge is 0.461 e. The molecule has 3 atom stereocenters. The number of ether oxygens (including phenoxy) is 1. The Labute approximate surface area is 177 Å². The summed E-state index contributed by atoms with van der Waals surface area (Å²) in [6.07, 6.45) is 0.459. The van der Waals surface area contributed by atoms with Crippen molar-refractivity contribution in [1.29, 1.82) is 0 Å². The molecule has 8 nitrogen and oxygen atoms in total. The molecular formula is C21H30N2O6. The number of esters is 1. The summed E-state index contributed by atoms with van der Waals surface area (Å²) in [5.74, 6) is -4.80. The minimum Gasteiger partial charge on any atom is -0.461 e. The van der Waals surface area contributed by atoms with Gasteiger partial charge in [-0.3, -0.25) is 14.8 Å². The first-order valence-electron chi connectivity index (χ1n) is 12.1. The number of hydroxylamine groups is 1. The van der Waals surface area contributed by atoms with Crippen LogP contribution in [0, 0.1) is 11.8 Å². The van der Waals surface area contributed by atoms with Crippen LogP contribution in [0.5, 0.6) is 0 Å². The number of aliphatic hydroxyl groups is 1. The summed E-state index contributed by atoms with van der Waals surface area (Å²) in [6, 6.07) is -5.20. The van der Waals surface area contributed by atoms with Crippen LogP contribution in [0.1, 0.15) is 64.4 Å². The second-order valence-corrected chi connectivity index (χ2v) is 7.48. The maximum atomic E-state index is 13.1. The van der Waals surface area contributed by atoms with E-state index in [-0.39, 0.29) is 12.3 Å². The summed E-state index contributed by atoms with van der Waals surface area (Å²) in [5.41, 5.74) is 0.798. The molecule has 1 unspecified atom stereocenters. The Morgan fingerprint density at radius 3 is 2.34 bits per heavy atom. The van der Waals surface area contributed by atoms with E-state index < -0.39 is 77.7 Å². The van der Waals surface area contributed by atoms with Crippen molar-refractivity contribution < 1.29 is 36.3 Å². The van der Waals surface area contributed by atoms with Gasteiger partial charge in [0.05, 0.1) is 12.8 Å². The number of carbonyl (C=O) groups excluding carboxylic acids is 3. The maximum Gasteiger partial charge on any atom is 0.333 e. The van der Waals surface area contributed by atoms with Gasteiger partial charge in [0, 0.05) is 0 Å². The molecule has 0 bridgehead atoms. The van der Waals surface area contributed by atoms with E-state index in [0.29, 0.717) is 12.8 Å². The van der Waals surface area contributed by atoms with Crippen molar-refractivity contribution in [2.45, 2.75) is 64.2 Å². The first-order chi connectivity index (χ1) is 15.9. The molecule has 0 radical (unpaired) electrons. The van der Waals surface area contributed by atoms with Crippen LogP contribution in [-0.2, 0) is 19.1 Å². The molecule has 1 aromatic rings. The minimum atomic E-state index is -1.96. The maximum absolute atomic E-state index is 13.1. The molecule has 0 spiro atoms. The van der Waals surface area contributed by atoms with E-state index in [9.17, 15) is 19.5 Å². The summed E-state index contributed by atoms with van der Waals surface area (Å²) in [5, 5.41) is 21.5. The quantitative estimate of drug-likeness (QED) is 0.279. The van der Waals surface area contributed by atoms with E-state index in [1.165, 1.54) is 5.48 Å². The average Bonchev–Trinajstić information content (AvgIpc) is 3.30. The normalized spacial score (nSPS) is 19.8. The molecule has 0 aromatic heterocycles. The summed E-state index contributed by atoms with van der Waals surface area (Å²) in [7, 11) is 0. The van der Waals surface area contributed by atoms with Crippen LogP contribution in [0.4, 0.5) is 0 Å². The number of aliphatic hydroxyl groups excluding tert-OH is 1. The molecular weight excluding hydrogens is 376 g/mol. The van der Waals surface area contributed by atoms with Gasteiger partial charge in [-0.15, -0.1) is 0 Å². The fraction of sp³-hybridized carbons (Fsp3) is 0.571. The number of carbonyl (C=O) groups is 3. The molecule has 29 heavy (non-hydrogen) atoms. The van der Waals surface area contributed by atoms with Gasteiger partial charge in [0.15, 0.2) is 6.04 Å². The number of amides is 2. The van der Waals surface area contributed by atoms with E-state index >= 15 is 0 Å². The van der Waals surface area contributed by atoms with Crippen LogP contribution in [-0.4, -0.2) is 40.3 Å². The van der Waals surface area contributed by atoms with Crippen LogP contribution in [0.15, 0.2) is 30.2 Å². The Kier molecular flexibility index (Phi) is 6.16. The third kappa shape index (κ3) is 6.54. The highest BCUT2D eigenvalue weighted by Crippen LogP contribution is 2.25. The minimum absolute atomic E-state index is 0.00861. The van der Waals surface area contributed by atoms with Crippen LogP contribution < -0.4 is 10.8 Å². The number of rotatable bonds is 9. The molecule has 1 fully saturated rings. The topological polar surface area (TPSA) is 125 Å². The van der Waals surface area contributed by atoms with Gasteiger partial charge in [-0.05, 0) is 43.6 Å². The third-order valence-corrected chi connectivity index (χ3v) is 4.74. The number of hydrogen-bond acceptors (Lipinski definition) is 6. The Balaban J connectivity index is 2.50. The molecule has 1 saturated carbocycles. The van der Waals surface area contributed by atoms with Crippen molar-refractivity contribution >= 4 is 17.8 Å². The van der Waals surface area contributed by atoms with Gasteiger partial charge >= 0.3 is 5.97 Å². The molecule has 2 rings (SSSR count). The average molecular weight is 412 g/mol. The standard InChI is InChI=1S/C21H30N2O6/c1-13(2)12-16(18(24)20(26)23-28)19(25)22-17(14-8-4-3-5-9-14)21(27)29-15-10-6-7-11-15/h3-5,8-9,13,15-18,24,28H,6-7,10-12H2,1-2H3,(H,22,25)(H,23,26)/t16-,17?,18+/m1/s1/i3D,4D,5D,8D,9D. The molecule has 0 aliphatic heterocycles. The van der Waals surface area contributed by atoms with E-state index in [1.807, 2.05) is 0 Å². The third-order valence-electron chi connectivity index (χ3n) is 4.74. The Morgan fingerprint density at radius 1 is 1.17 bits per heavy atom. The van der Waals surface area contributed by atoms with Gasteiger partial charge in [0.1, 0.15) is 12.2 Å². The smallest absolute Gasteiger partial charge is 0.333 e. The molecule has 4 N–H and O–H groups in total. The van der Waals surface area contributed by atoms with Crippen LogP contribution in [0.3, 0.4) is 0 Å². The lowest BCUT2D eigenvalue weighted by Crippen LogP contribution is -2.47. The Morgan fingerprint density at radius 2 is 1.79 bits per heavy atom. The van der Waals surface area contributed by atoms with E-state index in [0.717, 1.165) is 12.8 Å². The molecule has 8 heteroatoms. The molecule has 2 amide bonds. The van der Waals surface area contributed by atoms with Crippen molar-refractivity contribution in [2.75, 3.05) is 0 Å². The van der Waals surface area contributed by atoms with Crippen molar-refractivity contribution in [3.8, 4) is 0 Å². The zero-order valence-electron chi connectivity index (χ0n) is 21.4. The predicted octanol–water partition coefficient (Wildman–Crippen LogP) is 1.86. The lowest BCUT2D eigenvalue weighted by atomic mass is 9.90. The number of hydrogen-bond donors (Lipinski definition) is 4. The molecule has 1 aliphatic carbocycles. The van der Waals surface area contributed by atoms with E-state index in [4.69, 9.17) is 16.8 Å². The summed E-state index contributed by atoms with van der Waals surface area (Å²) < 4.78 is 45.5. The van der Waals surface area contributed by atoms with Gasteiger partial charge in [-0.25, -0.2) is 10.3 Å². The SMILES string of the molecule is [2H]c1c([2H])c([2H])c(C(NC(=O)[C@H](CC(C)C)[C@H](O)C(=O)NO)C(=O)OC2CCCC2)c([2H])c1[2H]. The zero-order chi connectivity index (χ0) is 25.7. The molecule has 1 aliphatic rings. The first kappa shape index (κ1) is 16.4.